The standard InChI is InChI=1S/C29H32N6O3S/c1-4-18-8-5-6-10-22(18)35(29(38)26-23(30)24(27(31)36)34-39-26)25(28(37)33-15-13-17(2)3)20-11-12-21-19(16-20)9-7-14-32-21/h5-12,14,16-17,25H,4,13,15,30H2,1-3H3,(H2,31,36)(H,33,37)/t25-/m1/s1. The van der Waals surface area contributed by atoms with E-state index in [9.17, 15) is 14.4 Å². The van der Waals surface area contributed by atoms with Gasteiger partial charge in [0.2, 0.25) is 5.91 Å². The monoisotopic (exact) mass is 544 g/mol. The van der Waals surface area contributed by atoms with Crippen LogP contribution in [0.1, 0.15) is 64.5 Å². The number of hydrogen-bond donors (Lipinski definition) is 3. The number of fused-ring (bicyclic) bond motifs is 1. The van der Waals surface area contributed by atoms with Crippen molar-refractivity contribution in [3.63, 3.8) is 0 Å². The summed E-state index contributed by atoms with van der Waals surface area (Å²) in [4.78, 5) is 46.0. The summed E-state index contributed by atoms with van der Waals surface area (Å²) in [5.41, 5.74) is 14.1. The van der Waals surface area contributed by atoms with Crippen LogP contribution in [0.15, 0.2) is 60.8 Å². The zero-order chi connectivity index (χ0) is 28.1. The molecule has 0 aliphatic heterocycles. The number of nitrogens with zero attached hydrogens (tertiary/aromatic N) is 3. The van der Waals surface area contributed by atoms with Crippen molar-refractivity contribution in [3.8, 4) is 0 Å². The Hall–Kier alpha value is -4.31. The van der Waals surface area contributed by atoms with E-state index in [1.807, 2.05) is 55.5 Å². The van der Waals surface area contributed by atoms with Crippen LogP contribution in [0.4, 0.5) is 11.4 Å². The predicted molar refractivity (Wildman–Crippen MR) is 155 cm³/mol. The van der Waals surface area contributed by atoms with Gasteiger partial charge in [0, 0.05) is 23.8 Å². The molecule has 1 atom stereocenters. The summed E-state index contributed by atoms with van der Waals surface area (Å²) in [6.07, 6.45) is 3.10. The molecule has 0 spiro atoms. The minimum absolute atomic E-state index is 0.0390. The Balaban J connectivity index is 1.92. The fourth-order valence-corrected chi connectivity index (χ4v) is 5.15. The number of nitrogen functional groups attached to an aromatic ring is 1. The molecule has 10 heteroatoms. The first-order valence-corrected chi connectivity index (χ1v) is 13.6. The van der Waals surface area contributed by atoms with Gasteiger partial charge in [0.05, 0.1) is 11.2 Å². The molecule has 5 N–H and O–H groups in total. The van der Waals surface area contributed by atoms with Gasteiger partial charge < -0.3 is 16.8 Å². The second kappa shape index (κ2) is 12.0. The van der Waals surface area contributed by atoms with E-state index >= 15 is 0 Å². The zero-order valence-electron chi connectivity index (χ0n) is 22.2. The molecule has 2 heterocycles. The molecule has 2 aromatic carbocycles. The number of aromatic nitrogens is 2. The number of nitrogens with one attached hydrogen (secondary N) is 1. The minimum atomic E-state index is -1.04. The summed E-state index contributed by atoms with van der Waals surface area (Å²) in [5.74, 6) is -1.32. The van der Waals surface area contributed by atoms with Crippen molar-refractivity contribution in [2.75, 3.05) is 17.2 Å². The number of rotatable bonds is 10. The normalized spacial score (nSPS) is 11.9. The van der Waals surface area contributed by atoms with E-state index in [1.165, 1.54) is 4.90 Å². The van der Waals surface area contributed by atoms with E-state index in [4.69, 9.17) is 11.5 Å². The summed E-state index contributed by atoms with van der Waals surface area (Å²) in [5, 5.41) is 3.86. The molecular formula is C29H32N6O3S. The third kappa shape index (κ3) is 5.91. The lowest BCUT2D eigenvalue weighted by molar-refractivity contribution is -0.122. The van der Waals surface area contributed by atoms with Crippen LogP contribution >= 0.6 is 11.5 Å². The molecule has 4 rings (SSSR count). The largest absolute Gasteiger partial charge is 0.395 e. The van der Waals surface area contributed by atoms with Gasteiger partial charge in [-0.3, -0.25) is 24.3 Å². The third-order valence-corrected chi connectivity index (χ3v) is 7.33. The van der Waals surface area contributed by atoms with Crippen LogP contribution < -0.4 is 21.7 Å². The van der Waals surface area contributed by atoms with E-state index in [0.717, 1.165) is 34.4 Å². The highest BCUT2D eigenvalue weighted by Crippen LogP contribution is 2.36. The predicted octanol–water partition coefficient (Wildman–Crippen LogP) is 4.49. The molecule has 202 valence electrons. The van der Waals surface area contributed by atoms with Crippen molar-refractivity contribution in [2.45, 2.75) is 39.7 Å². The van der Waals surface area contributed by atoms with Crippen LogP contribution in [0, 0.1) is 5.92 Å². The van der Waals surface area contributed by atoms with Gasteiger partial charge in [0.15, 0.2) is 5.69 Å². The zero-order valence-corrected chi connectivity index (χ0v) is 23.0. The number of primary amides is 1. The average molecular weight is 545 g/mol. The van der Waals surface area contributed by atoms with E-state index in [0.29, 0.717) is 30.1 Å². The highest BCUT2D eigenvalue weighted by molar-refractivity contribution is 7.09. The summed E-state index contributed by atoms with van der Waals surface area (Å²) in [6, 6.07) is 15.6. The minimum Gasteiger partial charge on any atom is -0.395 e. The van der Waals surface area contributed by atoms with Crippen molar-refractivity contribution >= 4 is 51.5 Å². The van der Waals surface area contributed by atoms with E-state index in [-0.39, 0.29) is 22.2 Å². The molecular weight excluding hydrogens is 512 g/mol. The molecule has 0 fully saturated rings. The van der Waals surface area contributed by atoms with Crippen LogP contribution in [0.25, 0.3) is 10.9 Å². The van der Waals surface area contributed by atoms with Crippen LogP contribution in [0.3, 0.4) is 0 Å². The maximum Gasteiger partial charge on any atom is 0.273 e. The lowest BCUT2D eigenvalue weighted by Crippen LogP contribution is -2.44. The van der Waals surface area contributed by atoms with Crippen LogP contribution in [-0.2, 0) is 11.2 Å². The molecule has 39 heavy (non-hydrogen) atoms. The molecule has 0 saturated heterocycles. The molecule has 0 aliphatic carbocycles. The Morgan fingerprint density at radius 1 is 1.08 bits per heavy atom. The smallest absolute Gasteiger partial charge is 0.273 e. The number of amides is 3. The maximum absolute atomic E-state index is 14.3. The summed E-state index contributed by atoms with van der Waals surface area (Å²) in [6.45, 7) is 6.59. The Morgan fingerprint density at radius 3 is 2.54 bits per heavy atom. The summed E-state index contributed by atoms with van der Waals surface area (Å²) in [7, 11) is 0. The number of pyridine rings is 1. The Labute approximate surface area is 231 Å². The second-order valence-corrected chi connectivity index (χ2v) is 10.4. The number of para-hydroxylation sites is 1. The first-order chi connectivity index (χ1) is 18.7. The lowest BCUT2D eigenvalue weighted by Gasteiger charge is -2.33. The number of carbonyl (C=O) groups is 3. The highest BCUT2D eigenvalue weighted by Gasteiger charge is 2.37. The molecule has 2 aromatic heterocycles. The third-order valence-electron chi connectivity index (χ3n) is 6.48. The molecule has 0 unspecified atom stereocenters. The Kier molecular flexibility index (Phi) is 8.55. The van der Waals surface area contributed by atoms with Crippen LogP contribution in [0.2, 0.25) is 0 Å². The molecule has 3 amide bonds. The molecule has 0 saturated carbocycles. The molecule has 0 bridgehead atoms. The van der Waals surface area contributed by atoms with Crippen molar-refractivity contribution in [1.82, 2.24) is 14.7 Å². The topological polar surface area (TPSA) is 144 Å². The highest BCUT2D eigenvalue weighted by atomic mass is 32.1. The lowest BCUT2D eigenvalue weighted by atomic mass is 9.98. The maximum atomic E-state index is 14.3. The van der Waals surface area contributed by atoms with Crippen LogP contribution in [0.5, 0.6) is 0 Å². The van der Waals surface area contributed by atoms with Gasteiger partial charge in [-0.15, -0.1) is 0 Å². The summed E-state index contributed by atoms with van der Waals surface area (Å²) < 4.78 is 4.03. The Bertz CT molecular complexity index is 1520. The van der Waals surface area contributed by atoms with Gasteiger partial charge in [0.1, 0.15) is 10.9 Å². The number of anilines is 2. The van der Waals surface area contributed by atoms with Crippen molar-refractivity contribution in [1.29, 1.82) is 0 Å². The van der Waals surface area contributed by atoms with E-state index in [2.05, 4.69) is 28.5 Å². The number of carbonyl (C=O) groups excluding carboxylic acids is 3. The summed E-state index contributed by atoms with van der Waals surface area (Å²) >= 11 is 0.789. The second-order valence-electron chi connectivity index (χ2n) is 9.63. The number of hydrogen-bond acceptors (Lipinski definition) is 7. The van der Waals surface area contributed by atoms with E-state index < -0.39 is 17.9 Å². The Morgan fingerprint density at radius 2 is 1.85 bits per heavy atom. The number of aryl methyl sites for hydroxylation is 1. The van der Waals surface area contributed by atoms with Crippen molar-refractivity contribution < 1.29 is 14.4 Å². The van der Waals surface area contributed by atoms with Gasteiger partial charge in [0.25, 0.3) is 11.8 Å². The van der Waals surface area contributed by atoms with Gasteiger partial charge in [-0.1, -0.05) is 51.1 Å². The van der Waals surface area contributed by atoms with Crippen molar-refractivity contribution in [3.05, 3.63) is 82.5 Å². The quantitative estimate of drug-likeness (QED) is 0.268. The average Bonchev–Trinajstić information content (AvgIpc) is 3.32. The number of nitrogens with two attached hydrogens (primary N) is 2. The van der Waals surface area contributed by atoms with Gasteiger partial charge in [-0.25, -0.2) is 0 Å². The molecule has 4 aromatic rings. The molecule has 0 aliphatic rings. The first-order valence-electron chi connectivity index (χ1n) is 12.8. The molecule has 0 radical (unpaired) electrons. The van der Waals surface area contributed by atoms with Gasteiger partial charge in [-0.2, -0.15) is 4.37 Å². The van der Waals surface area contributed by atoms with Crippen molar-refractivity contribution in [2.24, 2.45) is 11.7 Å². The van der Waals surface area contributed by atoms with Crippen LogP contribution in [-0.4, -0.2) is 33.6 Å². The number of benzene rings is 2. The first kappa shape index (κ1) is 27.7. The SMILES string of the molecule is CCc1ccccc1N(C(=O)c1snc(C(N)=O)c1N)[C@@H](C(=O)NCCC(C)C)c1ccc2ncccc2c1. The fraction of sp³-hybridized carbons (Fsp3) is 0.276. The molecule has 9 nitrogen and oxygen atoms in total. The van der Waals surface area contributed by atoms with Gasteiger partial charge >= 0.3 is 0 Å². The van der Waals surface area contributed by atoms with E-state index in [1.54, 1.807) is 12.3 Å². The van der Waals surface area contributed by atoms with Gasteiger partial charge in [-0.05, 0) is 65.7 Å². The fourth-order valence-electron chi connectivity index (χ4n) is 4.41.